The number of carbonyl (C=O) groups excluding carboxylic acids is 1. The van der Waals surface area contributed by atoms with Crippen LogP contribution in [-0.2, 0) is 23.2 Å². The maximum Gasteiger partial charge on any atom is 0.227 e. The van der Waals surface area contributed by atoms with E-state index in [9.17, 15) is 19.8 Å². The van der Waals surface area contributed by atoms with Crippen LogP contribution in [0.2, 0.25) is 0 Å². The highest BCUT2D eigenvalue weighted by Crippen LogP contribution is 2.42. The number of rotatable bonds is 8. The molecule has 0 atom stereocenters. The molecule has 3 N–H and O–H groups in total. The highest BCUT2D eigenvalue weighted by molar-refractivity contribution is 5.77. The van der Waals surface area contributed by atoms with Crippen LogP contribution < -0.4 is 10.7 Å². The maximum absolute atomic E-state index is 13.0. The Morgan fingerprint density at radius 2 is 1.71 bits per heavy atom. The quantitative estimate of drug-likeness (QED) is 0.459. The van der Waals surface area contributed by atoms with E-state index < -0.39 is 16.6 Å². The van der Waals surface area contributed by atoms with E-state index in [1.54, 1.807) is 19.1 Å². The fourth-order valence-electron chi connectivity index (χ4n) is 4.81. The van der Waals surface area contributed by atoms with E-state index >= 15 is 0 Å². The second-order valence-electron chi connectivity index (χ2n) is 9.38. The van der Waals surface area contributed by atoms with Crippen molar-refractivity contribution in [2.45, 2.75) is 44.6 Å². The lowest BCUT2D eigenvalue weighted by molar-refractivity contribution is -0.123. The number of phenols is 1. The third-order valence-corrected chi connectivity index (χ3v) is 6.76. The molecule has 184 valence electrons. The van der Waals surface area contributed by atoms with E-state index in [-0.39, 0.29) is 23.8 Å². The largest absolute Gasteiger partial charge is 0.508 e. The molecule has 7 heteroatoms. The first-order chi connectivity index (χ1) is 16.8. The van der Waals surface area contributed by atoms with Gasteiger partial charge in [-0.05, 0) is 62.5 Å². The second-order valence-corrected chi connectivity index (χ2v) is 9.38. The maximum atomic E-state index is 13.0. The highest BCUT2D eigenvalue weighted by atomic mass is 16.4. The third kappa shape index (κ3) is 6.11. The average Bonchev–Trinajstić information content (AvgIpc) is 2.84. The van der Waals surface area contributed by atoms with Crippen molar-refractivity contribution in [2.24, 2.45) is 0 Å². The Hall–Kier alpha value is -3.58. The summed E-state index contributed by atoms with van der Waals surface area (Å²) in [5.41, 5.74) is 0.985. The molecular weight excluding hydrogens is 444 g/mol. The molecule has 1 fully saturated rings. The molecule has 1 aliphatic heterocycles. The lowest BCUT2D eigenvalue weighted by Gasteiger charge is -2.41. The van der Waals surface area contributed by atoms with Crippen LogP contribution in [0.4, 0.5) is 0 Å². The molecule has 0 unspecified atom stereocenters. The van der Waals surface area contributed by atoms with Crippen LogP contribution >= 0.6 is 0 Å². The van der Waals surface area contributed by atoms with E-state index in [0.717, 1.165) is 12.1 Å². The lowest BCUT2D eigenvalue weighted by Crippen LogP contribution is -2.45. The molecular formula is C28H32N2O5. The molecule has 0 spiro atoms. The van der Waals surface area contributed by atoms with Crippen LogP contribution in [0, 0.1) is 6.92 Å². The molecule has 0 aliphatic carbocycles. The Labute approximate surface area is 205 Å². The number of nitrogens with zero attached hydrogens (tertiary/aromatic N) is 1. The van der Waals surface area contributed by atoms with Crippen molar-refractivity contribution in [3.63, 3.8) is 0 Å². The van der Waals surface area contributed by atoms with Crippen molar-refractivity contribution in [2.75, 3.05) is 19.6 Å². The number of piperidine rings is 1. The summed E-state index contributed by atoms with van der Waals surface area (Å²) in [4.78, 5) is 27.7. The number of amides is 1. The van der Waals surface area contributed by atoms with Crippen molar-refractivity contribution in [1.29, 1.82) is 0 Å². The highest BCUT2D eigenvalue weighted by Gasteiger charge is 2.43. The third-order valence-electron chi connectivity index (χ3n) is 6.76. The number of likely N-dealkylation sites (tertiary alicyclic amines) is 1. The summed E-state index contributed by atoms with van der Waals surface area (Å²) in [7, 11) is 0. The average molecular weight is 477 g/mol. The first-order valence-corrected chi connectivity index (χ1v) is 12.0. The van der Waals surface area contributed by atoms with Crippen LogP contribution in [0.15, 0.2) is 69.9 Å². The van der Waals surface area contributed by atoms with Gasteiger partial charge in [0.15, 0.2) is 5.76 Å². The molecule has 35 heavy (non-hydrogen) atoms. The molecule has 1 saturated heterocycles. The van der Waals surface area contributed by atoms with Crippen LogP contribution in [0.3, 0.4) is 0 Å². The van der Waals surface area contributed by atoms with Gasteiger partial charge in [-0.15, -0.1) is 0 Å². The standard InChI is InChI=1S/C28H32N2O5/c1-20-17-24(32)26(34)27(35-20)28(12-15-30(16-13-28)19-22-5-3-2-4-6-22)18-25(33)29-14-11-21-7-9-23(31)10-8-21/h2-10,17,31,34H,11-16,18-19H2,1H3,(H,29,33). The summed E-state index contributed by atoms with van der Waals surface area (Å²) >= 11 is 0. The molecule has 1 aliphatic rings. The Bertz CT molecular complexity index is 1200. The van der Waals surface area contributed by atoms with Crippen LogP contribution in [0.25, 0.3) is 0 Å². The molecule has 2 heterocycles. The zero-order valence-corrected chi connectivity index (χ0v) is 20.0. The van der Waals surface area contributed by atoms with E-state index in [1.165, 1.54) is 11.6 Å². The van der Waals surface area contributed by atoms with Crippen LogP contribution in [-0.4, -0.2) is 40.7 Å². The Balaban J connectivity index is 1.47. The normalized spacial score (nSPS) is 15.6. The van der Waals surface area contributed by atoms with Crippen LogP contribution in [0.5, 0.6) is 11.5 Å². The predicted octanol–water partition coefficient (Wildman–Crippen LogP) is 3.64. The van der Waals surface area contributed by atoms with Gasteiger partial charge in [0.2, 0.25) is 17.1 Å². The minimum Gasteiger partial charge on any atom is -0.508 e. The van der Waals surface area contributed by atoms with Gasteiger partial charge in [0, 0.05) is 31.0 Å². The van der Waals surface area contributed by atoms with E-state index in [1.807, 2.05) is 30.3 Å². The van der Waals surface area contributed by atoms with Crippen molar-refractivity contribution < 1.29 is 19.4 Å². The number of benzene rings is 2. The minimum absolute atomic E-state index is 0.127. The number of hydrogen-bond acceptors (Lipinski definition) is 6. The van der Waals surface area contributed by atoms with E-state index in [0.29, 0.717) is 44.7 Å². The van der Waals surface area contributed by atoms with Crippen molar-refractivity contribution in [3.05, 3.63) is 93.5 Å². The lowest BCUT2D eigenvalue weighted by atomic mass is 9.72. The van der Waals surface area contributed by atoms with Gasteiger partial charge in [0.25, 0.3) is 0 Å². The molecule has 0 radical (unpaired) electrons. The predicted molar refractivity (Wildman–Crippen MR) is 133 cm³/mol. The Morgan fingerprint density at radius 3 is 2.40 bits per heavy atom. The van der Waals surface area contributed by atoms with Crippen molar-refractivity contribution >= 4 is 5.91 Å². The van der Waals surface area contributed by atoms with Gasteiger partial charge in [-0.2, -0.15) is 0 Å². The van der Waals surface area contributed by atoms with Gasteiger partial charge in [0.05, 0.1) is 0 Å². The first-order valence-electron chi connectivity index (χ1n) is 12.0. The van der Waals surface area contributed by atoms with Gasteiger partial charge >= 0.3 is 0 Å². The Morgan fingerprint density at radius 1 is 1.03 bits per heavy atom. The van der Waals surface area contributed by atoms with Crippen LogP contribution in [0.1, 0.15) is 41.9 Å². The van der Waals surface area contributed by atoms with Gasteiger partial charge < -0.3 is 19.9 Å². The zero-order chi connectivity index (χ0) is 24.8. The molecule has 0 saturated carbocycles. The number of aryl methyl sites for hydroxylation is 1. The fraction of sp³-hybridized carbons (Fsp3) is 0.357. The van der Waals surface area contributed by atoms with E-state index in [4.69, 9.17) is 4.42 Å². The summed E-state index contributed by atoms with van der Waals surface area (Å²) < 4.78 is 5.90. The van der Waals surface area contributed by atoms with Gasteiger partial charge in [-0.25, -0.2) is 0 Å². The molecule has 3 aromatic rings. The first kappa shape index (κ1) is 24.5. The number of phenolic OH excluding ortho intramolecular Hbond substituents is 1. The molecule has 7 nitrogen and oxygen atoms in total. The summed E-state index contributed by atoms with van der Waals surface area (Å²) in [6.45, 7) is 4.36. The fourth-order valence-corrected chi connectivity index (χ4v) is 4.81. The molecule has 4 rings (SSSR count). The summed E-state index contributed by atoms with van der Waals surface area (Å²) in [5.74, 6) is 0.294. The number of hydrogen-bond donors (Lipinski definition) is 3. The van der Waals surface area contributed by atoms with Gasteiger partial charge in [0.1, 0.15) is 11.5 Å². The second kappa shape index (κ2) is 10.8. The summed E-state index contributed by atoms with van der Waals surface area (Å²) in [5, 5.41) is 23.0. The molecule has 1 aromatic heterocycles. The zero-order valence-electron chi connectivity index (χ0n) is 20.0. The SMILES string of the molecule is Cc1cc(=O)c(O)c(C2(CC(=O)NCCc3ccc(O)cc3)CCN(Cc3ccccc3)CC2)o1. The Kier molecular flexibility index (Phi) is 7.56. The number of nitrogens with one attached hydrogen (secondary N) is 1. The molecule has 2 aromatic carbocycles. The smallest absolute Gasteiger partial charge is 0.227 e. The molecule has 0 bridgehead atoms. The molecule has 1 amide bonds. The number of carbonyl (C=O) groups is 1. The van der Waals surface area contributed by atoms with Crippen molar-refractivity contribution in [3.8, 4) is 11.5 Å². The monoisotopic (exact) mass is 476 g/mol. The van der Waals surface area contributed by atoms with Gasteiger partial charge in [-0.1, -0.05) is 42.5 Å². The summed E-state index contributed by atoms with van der Waals surface area (Å²) in [6.07, 6.45) is 1.94. The number of aromatic hydroxyl groups is 2. The van der Waals surface area contributed by atoms with E-state index in [2.05, 4.69) is 22.3 Å². The van der Waals surface area contributed by atoms with Gasteiger partial charge in [-0.3, -0.25) is 14.5 Å². The van der Waals surface area contributed by atoms with Crippen molar-refractivity contribution in [1.82, 2.24) is 10.2 Å². The summed E-state index contributed by atoms with van der Waals surface area (Å²) in [6, 6.07) is 18.4. The topological polar surface area (TPSA) is 103 Å². The minimum atomic E-state index is -0.759.